The van der Waals surface area contributed by atoms with Gasteiger partial charge in [0.25, 0.3) is 0 Å². The van der Waals surface area contributed by atoms with Gasteiger partial charge in [-0.15, -0.1) is 0 Å². The second kappa shape index (κ2) is 6.05. The van der Waals surface area contributed by atoms with Crippen molar-refractivity contribution in [3.8, 4) is 0 Å². The fraction of sp³-hybridized carbons (Fsp3) is 0.643. The number of esters is 1. The summed E-state index contributed by atoms with van der Waals surface area (Å²) in [6, 6.07) is 2.73. The zero-order valence-corrected chi connectivity index (χ0v) is 11.0. The first-order valence-electron chi connectivity index (χ1n) is 6.55. The molecule has 1 aliphatic heterocycles. The van der Waals surface area contributed by atoms with Crippen LogP contribution in [0.5, 0.6) is 0 Å². The molecular formula is C14H21NO3. The Morgan fingerprint density at radius 2 is 2.39 bits per heavy atom. The Balaban J connectivity index is 1.90. The summed E-state index contributed by atoms with van der Waals surface area (Å²) in [4.78, 5) is 11.2. The number of nitrogens with one attached hydrogen (secondary N) is 1. The first-order valence-corrected chi connectivity index (χ1v) is 6.55. The second-order valence-corrected chi connectivity index (χ2v) is 5.05. The lowest BCUT2D eigenvalue weighted by molar-refractivity contribution is -0.140. The molecule has 4 nitrogen and oxygen atoms in total. The largest absolute Gasteiger partial charge is 0.472 e. The van der Waals surface area contributed by atoms with Gasteiger partial charge in [-0.2, -0.15) is 0 Å². The van der Waals surface area contributed by atoms with E-state index in [0.717, 1.165) is 12.8 Å². The Morgan fingerprint density at radius 1 is 1.56 bits per heavy atom. The molecule has 100 valence electrons. The lowest BCUT2D eigenvalue weighted by atomic mass is 9.85. The Kier molecular flexibility index (Phi) is 4.42. The SMILES string of the molecule is COC(=O)CC[C@@H]1N[C@H](c2ccoc2)CC[C@H]1C. The average Bonchev–Trinajstić information content (AvgIpc) is 2.91. The Morgan fingerprint density at radius 3 is 3.06 bits per heavy atom. The van der Waals surface area contributed by atoms with Gasteiger partial charge in [-0.25, -0.2) is 0 Å². The molecule has 1 aromatic rings. The number of carbonyl (C=O) groups excluding carboxylic acids is 1. The van der Waals surface area contributed by atoms with Gasteiger partial charge in [0.15, 0.2) is 0 Å². The van der Waals surface area contributed by atoms with E-state index in [1.165, 1.54) is 19.1 Å². The van der Waals surface area contributed by atoms with Gasteiger partial charge >= 0.3 is 5.97 Å². The van der Waals surface area contributed by atoms with Crippen molar-refractivity contribution in [2.45, 2.75) is 44.7 Å². The molecule has 0 unspecified atom stereocenters. The van der Waals surface area contributed by atoms with Gasteiger partial charge in [-0.1, -0.05) is 6.92 Å². The maximum absolute atomic E-state index is 11.2. The summed E-state index contributed by atoms with van der Waals surface area (Å²) in [6.45, 7) is 2.24. The van der Waals surface area contributed by atoms with E-state index in [2.05, 4.69) is 12.2 Å². The van der Waals surface area contributed by atoms with Crippen molar-refractivity contribution in [3.63, 3.8) is 0 Å². The molecule has 0 bridgehead atoms. The normalized spacial score (nSPS) is 28.0. The summed E-state index contributed by atoms with van der Waals surface area (Å²) in [7, 11) is 1.44. The third-order valence-electron chi connectivity index (χ3n) is 3.85. The van der Waals surface area contributed by atoms with E-state index in [9.17, 15) is 4.79 Å². The van der Waals surface area contributed by atoms with E-state index in [4.69, 9.17) is 9.15 Å². The number of hydrogen-bond donors (Lipinski definition) is 1. The topological polar surface area (TPSA) is 51.5 Å². The van der Waals surface area contributed by atoms with Crippen molar-refractivity contribution in [1.82, 2.24) is 5.32 Å². The molecule has 0 aromatic carbocycles. The smallest absolute Gasteiger partial charge is 0.305 e. The first-order chi connectivity index (χ1) is 8.70. The predicted molar refractivity (Wildman–Crippen MR) is 68.0 cm³/mol. The summed E-state index contributed by atoms with van der Waals surface area (Å²) in [5.74, 6) is 0.465. The molecular weight excluding hydrogens is 230 g/mol. The summed E-state index contributed by atoms with van der Waals surface area (Å²) in [6.07, 6.45) is 7.12. The van der Waals surface area contributed by atoms with Gasteiger partial charge < -0.3 is 14.5 Å². The lowest BCUT2D eigenvalue weighted by Gasteiger charge is -2.35. The van der Waals surface area contributed by atoms with Crippen LogP contribution < -0.4 is 5.32 Å². The minimum absolute atomic E-state index is 0.130. The number of piperidine rings is 1. The zero-order chi connectivity index (χ0) is 13.0. The first kappa shape index (κ1) is 13.1. The summed E-state index contributed by atoms with van der Waals surface area (Å²) >= 11 is 0. The van der Waals surface area contributed by atoms with Crippen LogP contribution in [0.1, 0.15) is 44.2 Å². The maximum atomic E-state index is 11.2. The fourth-order valence-corrected chi connectivity index (χ4v) is 2.62. The monoisotopic (exact) mass is 251 g/mol. The molecule has 1 aliphatic rings. The molecule has 1 saturated heterocycles. The van der Waals surface area contributed by atoms with Crippen molar-refractivity contribution in [2.24, 2.45) is 5.92 Å². The third kappa shape index (κ3) is 3.13. The number of furan rings is 1. The fourth-order valence-electron chi connectivity index (χ4n) is 2.62. The molecule has 0 spiro atoms. The van der Waals surface area contributed by atoms with Crippen molar-refractivity contribution < 1.29 is 13.9 Å². The highest BCUT2D eigenvalue weighted by molar-refractivity contribution is 5.69. The molecule has 0 radical (unpaired) electrons. The molecule has 18 heavy (non-hydrogen) atoms. The van der Waals surface area contributed by atoms with Crippen LogP contribution in [-0.4, -0.2) is 19.1 Å². The molecule has 3 atom stereocenters. The van der Waals surface area contributed by atoms with Crippen LogP contribution >= 0.6 is 0 Å². The zero-order valence-electron chi connectivity index (χ0n) is 11.0. The second-order valence-electron chi connectivity index (χ2n) is 5.05. The van der Waals surface area contributed by atoms with Crippen LogP contribution in [0.15, 0.2) is 23.0 Å². The maximum Gasteiger partial charge on any atom is 0.305 e. The van der Waals surface area contributed by atoms with Crippen molar-refractivity contribution in [3.05, 3.63) is 24.2 Å². The Labute approximate surface area is 108 Å². The van der Waals surface area contributed by atoms with Crippen molar-refractivity contribution in [2.75, 3.05) is 7.11 Å². The Bertz CT molecular complexity index is 374. The van der Waals surface area contributed by atoms with E-state index >= 15 is 0 Å². The highest BCUT2D eigenvalue weighted by atomic mass is 16.5. The lowest BCUT2D eigenvalue weighted by Crippen LogP contribution is -2.42. The molecule has 2 heterocycles. The molecule has 0 amide bonds. The molecule has 1 N–H and O–H groups in total. The van der Waals surface area contributed by atoms with Crippen LogP contribution in [0.4, 0.5) is 0 Å². The van der Waals surface area contributed by atoms with Gasteiger partial charge in [0.2, 0.25) is 0 Å². The molecule has 1 fully saturated rings. The summed E-state index contributed by atoms with van der Waals surface area (Å²) in [5, 5.41) is 3.62. The number of rotatable bonds is 4. The third-order valence-corrected chi connectivity index (χ3v) is 3.85. The molecule has 4 heteroatoms. The van der Waals surface area contributed by atoms with Gasteiger partial charge in [-0.3, -0.25) is 4.79 Å². The molecule has 2 rings (SSSR count). The summed E-state index contributed by atoms with van der Waals surface area (Å²) in [5.41, 5.74) is 1.20. The van der Waals surface area contributed by atoms with Crippen LogP contribution in [0, 0.1) is 5.92 Å². The highest BCUT2D eigenvalue weighted by Crippen LogP contribution is 2.30. The quantitative estimate of drug-likeness (QED) is 0.836. The predicted octanol–water partition coefficient (Wildman–Crippen LogP) is 2.66. The number of methoxy groups -OCH3 is 1. The van der Waals surface area contributed by atoms with Gasteiger partial charge in [0.05, 0.1) is 19.6 Å². The molecule has 0 saturated carbocycles. The van der Waals surface area contributed by atoms with Gasteiger partial charge in [0.1, 0.15) is 0 Å². The van der Waals surface area contributed by atoms with Crippen LogP contribution in [0.3, 0.4) is 0 Å². The van der Waals surface area contributed by atoms with Gasteiger partial charge in [0, 0.05) is 24.1 Å². The minimum atomic E-state index is -0.130. The van der Waals surface area contributed by atoms with Crippen LogP contribution in [0.2, 0.25) is 0 Å². The van der Waals surface area contributed by atoms with Crippen LogP contribution in [-0.2, 0) is 9.53 Å². The molecule has 1 aromatic heterocycles. The average molecular weight is 251 g/mol. The van der Waals surface area contributed by atoms with Crippen molar-refractivity contribution >= 4 is 5.97 Å². The van der Waals surface area contributed by atoms with E-state index in [0.29, 0.717) is 24.4 Å². The van der Waals surface area contributed by atoms with E-state index in [1.54, 1.807) is 12.5 Å². The van der Waals surface area contributed by atoms with Crippen LogP contribution in [0.25, 0.3) is 0 Å². The number of carbonyl (C=O) groups is 1. The number of hydrogen-bond acceptors (Lipinski definition) is 4. The standard InChI is InChI=1S/C14H21NO3/c1-10-3-4-13(11-7-8-18-9-11)15-12(10)5-6-14(16)17-2/h7-10,12-13,15H,3-6H2,1-2H3/t10-,12+,13+/m1/s1. The van der Waals surface area contributed by atoms with Crippen molar-refractivity contribution in [1.29, 1.82) is 0 Å². The van der Waals surface area contributed by atoms with E-state index in [-0.39, 0.29) is 5.97 Å². The van der Waals surface area contributed by atoms with E-state index < -0.39 is 0 Å². The minimum Gasteiger partial charge on any atom is -0.472 e. The van der Waals surface area contributed by atoms with Gasteiger partial charge in [-0.05, 0) is 31.2 Å². The highest BCUT2D eigenvalue weighted by Gasteiger charge is 2.28. The Hall–Kier alpha value is -1.29. The summed E-state index contributed by atoms with van der Waals surface area (Å²) < 4.78 is 9.83. The molecule has 0 aliphatic carbocycles. The van der Waals surface area contributed by atoms with E-state index in [1.807, 2.05) is 6.07 Å². The number of ether oxygens (including phenoxy) is 1.